The molecule has 5 heteroatoms. The third kappa shape index (κ3) is 3.57. The molecule has 0 bridgehead atoms. The third-order valence-electron chi connectivity index (χ3n) is 4.35. The number of carbonyl (C=O) groups excluding carboxylic acids is 1. The molecule has 1 aromatic rings. The molecule has 0 radical (unpaired) electrons. The predicted octanol–water partition coefficient (Wildman–Crippen LogP) is 2.27. The molecule has 1 saturated carbocycles. The molecule has 3 rings (SSSR count). The van der Waals surface area contributed by atoms with Gasteiger partial charge in [-0.1, -0.05) is 20.8 Å². The van der Waals surface area contributed by atoms with Crippen LogP contribution in [0.3, 0.4) is 0 Å². The monoisotopic (exact) mass is 302 g/mol. The molecule has 1 aliphatic heterocycles. The maximum absolute atomic E-state index is 12.3. The van der Waals surface area contributed by atoms with E-state index in [1.54, 1.807) is 0 Å². The topological polar surface area (TPSA) is 58.1 Å². The fourth-order valence-corrected chi connectivity index (χ4v) is 2.83. The first-order valence-electron chi connectivity index (χ1n) is 8.32. The van der Waals surface area contributed by atoms with Crippen LogP contribution in [0.5, 0.6) is 0 Å². The van der Waals surface area contributed by atoms with E-state index in [1.165, 1.54) is 0 Å². The van der Waals surface area contributed by atoms with Crippen LogP contribution in [-0.2, 0) is 10.2 Å². The van der Waals surface area contributed by atoms with Gasteiger partial charge < -0.3 is 10.2 Å². The normalized spacial score (nSPS) is 22.5. The number of nitrogens with one attached hydrogen (secondary N) is 1. The van der Waals surface area contributed by atoms with Crippen LogP contribution in [0.1, 0.15) is 52.3 Å². The van der Waals surface area contributed by atoms with Gasteiger partial charge in [-0.05, 0) is 31.7 Å². The Balaban J connectivity index is 1.70. The maximum atomic E-state index is 12.3. The second kappa shape index (κ2) is 5.86. The maximum Gasteiger partial charge on any atom is 0.225 e. The minimum Gasteiger partial charge on any atom is -0.356 e. The molecule has 2 fully saturated rings. The third-order valence-corrected chi connectivity index (χ3v) is 4.35. The fourth-order valence-electron chi connectivity index (χ4n) is 2.83. The Labute approximate surface area is 132 Å². The zero-order valence-electron chi connectivity index (χ0n) is 13.8. The van der Waals surface area contributed by atoms with Crippen molar-refractivity contribution in [1.29, 1.82) is 0 Å². The van der Waals surface area contributed by atoms with Crippen LogP contribution in [0, 0.1) is 5.92 Å². The average Bonchev–Trinajstić information content (AvgIpc) is 3.31. The summed E-state index contributed by atoms with van der Waals surface area (Å²) in [4.78, 5) is 23.6. The van der Waals surface area contributed by atoms with Crippen molar-refractivity contribution in [2.45, 2.75) is 57.9 Å². The van der Waals surface area contributed by atoms with Crippen LogP contribution in [-0.4, -0.2) is 35.0 Å². The molecule has 1 unspecified atom stereocenters. The first-order chi connectivity index (χ1) is 10.4. The van der Waals surface area contributed by atoms with E-state index in [4.69, 9.17) is 4.98 Å². The Bertz CT molecular complexity index is 548. The van der Waals surface area contributed by atoms with Gasteiger partial charge in [-0.25, -0.2) is 9.97 Å². The number of hydrogen-bond acceptors (Lipinski definition) is 4. The summed E-state index contributed by atoms with van der Waals surface area (Å²) in [6, 6.07) is 2.39. The van der Waals surface area contributed by atoms with Crippen LogP contribution in [0.25, 0.3) is 0 Å². The van der Waals surface area contributed by atoms with Crippen LogP contribution < -0.4 is 10.2 Å². The number of piperidine rings is 1. The van der Waals surface area contributed by atoms with Crippen molar-refractivity contribution in [2.75, 3.05) is 18.0 Å². The smallest absolute Gasteiger partial charge is 0.225 e. The van der Waals surface area contributed by atoms with E-state index in [0.717, 1.165) is 50.4 Å². The molecule has 2 aliphatic rings. The standard InChI is InChI=1S/C17H26N4O/c1-17(2,3)16-18-9-8-14(20-16)21-10-4-5-12(11-21)15(22)19-13-6-7-13/h8-9,12-13H,4-7,10-11H2,1-3H3,(H,19,22). The number of amides is 1. The SMILES string of the molecule is CC(C)(C)c1nccc(N2CCCC(C(=O)NC3CC3)C2)n1. The molecule has 0 aromatic carbocycles. The number of carbonyl (C=O) groups is 1. The molecule has 0 spiro atoms. The first-order valence-corrected chi connectivity index (χ1v) is 8.32. The zero-order chi connectivity index (χ0) is 15.7. The number of hydrogen-bond donors (Lipinski definition) is 1. The lowest BCUT2D eigenvalue weighted by Crippen LogP contribution is -2.44. The van der Waals surface area contributed by atoms with E-state index in [0.29, 0.717) is 6.04 Å². The first kappa shape index (κ1) is 15.3. The van der Waals surface area contributed by atoms with Crippen LogP contribution in [0.15, 0.2) is 12.3 Å². The number of nitrogens with zero attached hydrogens (tertiary/aromatic N) is 3. The highest BCUT2D eigenvalue weighted by Gasteiger charge is 2.31. The summed E-state index contributed by atoms with van der Waals surface area (Å²) in [5, 5.41) is 3.13. The van der Waals surface area contributed by atoms with Crippen LogP contribution >= 0.6 is 0 Å². The molecular weight excluding hydrogens is 276 g/mol. The summed E-state index contributed by atoms with van der Waals surface area (Å²) in [5.41, 5.74) is -0.0610. The van der Waals surface area contributed by atoms with Crippen LogP contribution in [0.4, 0.5) is 5.82 Å². The Morgan fingerprint density at radius 1 is 1.32 bits per heavy atom. The summed E-state index contributed by atoms with van der Waals surface area (Å²) in [6.07, 6.45) is 6.13. The van der Waals surface area contributed by atoms with Gasteiger partial charge in [-0.2, -0.15) is 0 Å². The van der Waals surface area contributed by atoms with Gasteiger partial charge in [0.1, 0.15) is 11.6 Å². The average molecular weight is 302 g/mol. The van der Waals surface area contributed by atoms with E-state index in [2.05, 4.69) is 36.0 Å². The van der Waals surface area contributed by atoms with Crippen LogP contribution in [0.2, 0.25) is 0 Å². The Morgan fingerprint density at radius 2 is 2.09 bits per heavy atom. The fraction of sp³-hybridized carbons (Fsp3) is 0.706. The molecule has 22 heavy (non-hydrogen) atoms. The minimum atomic E-state index is -0.0610. The molecule has 120 valence electrons. The van der Waals surface area contributed by atoms with Gasteiger partial charge in [0, 0.05) is 30.7 Å². The van der Waals surface area contributed by atoms with Gasteiger partial charge >= 0.3 is 0 Å². The minimum absolute atomic E-state index is 0.0610. The van der Waals surface area contributed by atoms with Gasteiger partial charge in [-0.3, -0.25) is 4.79 Å². The largest absolute Gasteiger partial charge is 0.356 e. The number of aromatic nitrogens is 2. The van der Waals surface area contributed by atoms with Gasteiger partial charge in [0.15, 0.2) is 0 Å². The second-order valence-corrected chi connectivity index (χ2v) is 7.56. The van der Waals surface area contributed by atoms with Crippen molar-refractivity contribution in [3.8, 4) is 0 Å². The van der Waals surface area contributed by atoms with Gasteiger partial charge in [0.2, 0.25) is 5.91 Å². The number of anilines is 1. The van der Waals surface area contributed by atoms with Gasteiger partial charge in [0.25, 0.3) is 0 Å². The Morgan fingerprint density at radius 3 is 2.77 bits per heavy atom. The lowest BCUT2D eigenvalue weighted by Gasteiger charge is -2.33. The van der Waals surface area contributed by atoms with Gasteiger partial charge in [0.05, 0.1) is 5.92 Å². The summed E-state index contributed by atoms with van der Waals surface area (Å²) in [5.74, 6) is 2.11. The van der Waals surface area contributed by atoms with Crippen molar-refractivity contribution < 1.29 is 4.79 Å². The Hall–Kier alpha value is -1.65. The van der Waals surface area contributed by atoms with E-state index in [9.17, 15) is 4.79 Å². The molecule has 1 amide bonds. The predicted molar refractivity (Wildman–Crippen MR) is 86.8 cm³/mol. The van der Waals surface area contributed by atoms with E-state index in [1.807, 2.05) is 12.3 Å². The summed E-state index contributed by atoms with van der Waals surface area (Å²) in [6.45, 7) is 8.09. The summed E-state index contributed by atoms with van der Waals surface area (Å²) in [7, 11) is 0. The quantitative estimate of drug-likeness (QED) is 0.930. The molecule has 5 nitrogen and oxygen atoms in total. The second-order valence-electron chi connectivity index (χ2n) is 7.56. The molecule has 2 heterocycles. The zero-order valence-corrected chi connectivity index (χ0v) is 13.8. The molecule has 1 N–H and O–H groups in total. The van der Waals surface area contributed by atoms with Crippen molar-refractivity contribution in [3.63, 3.8) is 0 Å². The van der Waals surface area contributed by atoms with Crippen molar-refractivity contribution in [3.05, 3.63) is 18.1 Å². The highest BCUT2D eigenvalue weighted by atomic mass is 16.2. The Kier molecular flexibility index (Phi) is 4.06. The van der Waals surface area contributed by atoms with E-state index < -0.39 is 0 Å². The van der Waals surface area contributed by atoms with Crippen molar-refractivity contribution in [2.24, 2.45) is 5.92 Å². The number of rotatable bonds is 3. The highest BCUT2D eigenvalue weighted by Crippen LogP contribution is 2.26. The molecule has 1 saturated heterocycles. The summed E-state index contributed by atoms with van der Waals surface area (Å²) >= 11 is 0. The van der Waals surface area contributed by atoms with E-state index in [-0.39, 0.29) is 17.2 Å². The molecule has 1 aliphatic carbocycles. The lowest BCUT2D eigenvalue weighted by atomic mass is 9.95. The molecule has 1 atom stereocenters. The molecule has 1 aromatic heterocycles. The molecular formula is C17H26N4O. The van der Waals surface area contributed by atoms with Gasteiger partial charge in [-0.15, -0.1) is 0 Å². The van der Waals surface area contributed by atoms with E-state index >= 15 is 0 Å². The highest BCUT2D eigenvalue weighted by molar-refractivity contribution is 5.80. The lowest BCUT2D eigenvalue weighted by molar-refractivity contribution is -0.125. The van der Waals surface area contributed by atoms with Crippen molar-refractivity contribution in [1.82, 2.24) is 15.3 Å². The van der Waals surface area contributed by atoms with Crippen molar-refractivity contribution >= 4 is 11.7 Å². The summed E-state index contributed by atoms with van der Waals surface area (Å²) < 4.78 is 0.